The Morgan fingerprint density at radius 2 is 1.76 bits per heavy atom. The second-order valence-corrected chi connectivity index (χ2v) is 4.88. The zero-order chi connectivity index (χ0) is 12.9. The van der Waals surface area contributed by atoms with Crippen LogP contribution in [-0.4, -0.2) is 0 Å². The highest BCUT2D eigenvalue weighted by Gasteiger charge is 2.30. The van der Waals surface area contributed by atoms with Crippen LogP contribution in [0.3, 0.4) is 0 Å². The van der Waals surface area contributed by atoms with E-state index in [1.54, 1.807) is 6.07 Å². The topological polar surface area (TPSA) is 26.0 Å². The van der Waals surface area contributed by atoms with E-state index in [-0.39, 0.29) is 5.82 Å². The van der Waals surface area contributed by atoms with Crippen LogP contribution in [-0.2, 0) is 5.54 Å². The molecule has 0 aliphatic carbocycles. The molecule has 96 valence electrons. The highest BCUT2D eigenvalue weighted by atomic mass is 19.1. The average Bonchev–Trinajstić information content (AvgIpc) is 2.36. The minimum atomic E-state index is -0.526. The maximum Gasteiger partial charge on any atom is 0.128 e. The molecule has 1 atom stereocenters. The molecule has 0 heterocycles. The van der Waals surface area contributed by atoms with Crippen LogP contribution >= 0.6 is 0 Å². The molecule has 1 nitrogen and oxygen atoms in total. The van der Waals surface area contributed by atoms with Crippen molar-refractivity contribution >= 4 is 0 Å². The molecule has 0 radical (unpaired) electrons. The molecule has 0 fully saturated rings. The predicted molar refractivity (Wildman–Crippen MR) is 71.2 cm³/mol. The lowest BCUT2D eigenvalue weighted by Gasteiger charge is -2.32. The summed E-state index contributed by atoms with van der Waals surface area (Å²) in [5.74, 6) is 0.391. The Kier molecular flexibility index (Phi) is 5.13. The summed E-state index contributed by atoms with van der Waals surface area (Å²) in [6.07, 6.45) is 3.83. The highest BCUT2D eigenvalue weighted by Crippen LogP contribution is 2.33. The van der Waals surface area contributed by atoms with E-state index in [9.17, 15) is 4.39 Å². The Labute approximate surface area is 104 Å². The van der Waals surface area contributed by atoms with Crippen LogP contribution in [0.2, 0.25) is 0 Å². The molecule has 17 heavy (non-hydrogen) atoms. The maximum absolute atomic E-state index is 13.9. The van der Waals surface area contributed by atoms with Crippen LogP contribution in [0.25, 0.3) is 0 Å². The van der Waals surface area contributed by atoms with Gasteiger partial charge in [0.05, 0.1) is 0 Å². The summed E-state index contributed by atoms with van der Waals surface area (Å²) in [4.78, 5) is 0. The largest absolute Gasteiger partial charge is 0.321 e. The van der Waals surface area contributed by atoms with Crippen molar-refractivity contribution in [3.63, 3.8) is 0 Å². The lowest BCUT2D eigenvalue weighted by Crippen LogP contribution is -2.38. The van der Waals surface area contributed by atoms with Gasteiger partial charge in [-0.15, -0.1) is 0 Å². The Balaban J connectivity index is 2.99. The molecule has 1 rings (SSSR count). The molecule has 0 aliphatic rings. The van der Waals surface area contributed by atoms with Crippen molar-refractivity contribution < 1.29 is 4.39 Å². The summed E-state index contributed by atoms with van der Waals surface area (Å²) in [5, 5.41) is 0. The third-order valence-corrected chi connectivity index (χ3v) is 3.85. The summed E-state index contributed by atoms with van der Waals surface area (Å²) in [5.41, 5.74) is 6.57. The number of hydrogen-bond donors (Lipinski definition) is 1. The van der Waals surface area contributed by atoms with E-state index in [0.717, 1.165) is 25.7 Å². The molecule has 0 aromatic heterocycles. The summed E-state index contributed by atoms with van der Waals surface area (Å²) < 4.78 is 13.9. The van der Waals surface area contributed by atoms with Gasteiger partial charge in [0.1, 0.15) is 5.82 Å². The van der Waals surface area contributed by atoms with Crippen molar-refractivity contribution in [2.24, 2.45) is 11.7 Å². The van der Waals surface area contributed by atoms with E-state index in [1.165, 1.54) is 6.07 Å². The molecule has 0 bridgehead atoms. The summed E-state index contributed by atoms with van der Waals surface area (Å²) >= 11 is 0. The van der Waals surface area contributed by atoms with Crippen LogP contribution < -0.4 is 5.73 Å². The number of nitrogens with two attached hydrogens (primary N) is 1. The molecule has 0 spiro atoms. The third-order valence-electron chi connectivity index (χ3n) is 3.85. The first kappa shape index (κ1) is 14.2. The average molecular weight is 237 g/mol. The molecule has 1 aromatic rings. The van der Waals surface area contributed by atoms with Crippen molar-refractivity contribution in [1.82, 2.24) is 0 Å². The minimum Gasteiger partial charge on any atom is -0.321 e. The highest BCUT2D eigenvalue weighted by molar-refractivity contribution is 5.25. The van der Waals surface area contributed by atoms with Gasteiger partial charge < -0.3 is 5.73 Å². The summed E-state index contributed by atoms with van der Waals surface area (Å²) in [7, 11) is 0. The molecular formula is C15H24FN. The molecule has 0 amide bonds. The fraction of sp³-hybridized carbons (Fsp3) is 0.600. The first-order valence-electron chi connectivity index (χ1n) is 6.61. The van der Waals surface area contributed by atoms with Gasteiger partial charge in [-0.1, -0.05) is 51.8 Å². The molecule has 0 saturated carbocycles. The number of halogens is 1. The smallest absolute Gasteiger partial charge is 0.128 e. The van der Waals surface area contributed by atoms with E-state index < -0.39 is 5.54 Å². The minimum absolute atomic E-state index is 0.178. The standard InChI is InChI=1S/C15H24FN/c1-4-12(5-2)11-15(17,6-3)13-9-7-8-10-14(13)16/h7-10,12H,4-6,11,17H2,1-3H3. The second-order valence-electron chi connectivity index (χ2n) is 4.88. The van der Waals surface area contributed by atoms with Gasteiger partial charge in [0.2, 0.25) is 0 Å². The molecule has 1 aromatic carbocycles. The monoisotopic (exact) mass is 237 g/mol. The van der Waals surface area contributed by atoms with Gasteiger partial charge in [0.25, 0.3) is 0 Å². The Hall–Kier alpha value is -0.890. The quantitative estimate of drug-likeness (QED) is 0.787. The van der Waals surface area contributed by atoms with Crippen molar-refractivity contribution in [1.29, 1.82) is 0 Å². The zero-order valence-corrected chi connectivity index (χ0v) is 11.2. The first-order chi connectivity index (χ1) is 8.07. The van der Waals surface area contributed by atoms with Gasteiger partial charge in [0, 0.05) is 11.1 Å². The molecular weight excluding hydrogens is 213 g/mol. The van der Waals surface area contributed by atoms with Crippen LogP contribution in [0.15, 0.2) is 24.3 Å². The Bertz CT molecular complexity index is 347. The lowest BCUT2D eigenvalue weighted by molar-refractivity contribution is 0.291. The van der Waals surface area contributed by atoms with E-state index in [0.29, 0.717) is 11.5 Å². The van der Waals surface area contributed by atoms with Crippen molar-refractivity contribution in [3.05, 3.63) is 35.6 Å². The molecule has 2 heteroatoms. The van der Waals surface area contributed by atoms with Crippen molar-refractivity contribution in [2.75, 3.05) is 0 Å². The Morgan fingerprint density at radius 3 is 2.24 bits per heavy atom. The van der Waals surface area contributed by atoms with E-state index in [1.807, 2.05) is 19.1 Å². The number of benzene rings is 1. The second kappa shape index (κ2) is 6.15. The van der Waals surface area contributed by atoms with E-state index in [2.05, 4.69) is 13.8 Å². The lowest BCUT2D eigenvalue weighted by atomic mass is 9.78. The SMILES string of the molecule is CCC(CC)CC(N)(CC)c1ccccc1F. The van der Waals surface area contributed by atoms with Gasteiger partial charge in [-0.25, -0.2) is 4.39 Å². The van der Waals surface area contributed by atoms with Gasteiger partial charge >= 0.3 is 0 Å². The summed E-state index contributed by atoms with van der Waals surface area (Å²) in [6, 6.07) is 6.90. The molecule has 0 aliphatic heterocycles. The van der Waals surface area contributed by atoms with Gasteiger partial charge in [-0.3, -0.25) is 0 Å². The molecule has 0 saturated heterocycles. The maximum atomic E-state index is 13.9. The first-order valence-corrected chi connectivity index (χ1v) is 6.61. The third kappa shape index (κ3) is 3.29. The Morgan fingerprint density at radius 1 is 1.18 bits per heavy atom. The van der Waals surface area contributed by atoms with Crippen LogP contribution in [0.5, 0.6) is 0 Å². The van der Waals surface area contributed by atoms with Gasteiger partial charge in [-0.05, 0) is 24.8 Å². The van der Waals surface area contributed by atoms with Crippen molar-refractivity contribution in [3.8, 4) is 0 Å². The molecule has 1 unspecified atom stereocenters. The van der Waals surface area contributed by atoms with Gasteiger partial charge in [-0.2, -0.15) is 0 Å². The zero-order valence-electron chi connectivity index (χ0n) is 11.2. The van der Waals surface area contributed by atoms with Crippen LogP contribution in [0.4, 0.5) is 4.39 Å². The fourth-order valence-corrected chi connectivity index (χ4v) is 2.40. The van der Waals surface area contributed by atoms with Gasteiger partial charge in [0.15, 0.2) is 0 Å². The fourth-order valence-electron chi connectivity index (χ4n) is 2.40. The normalized spacial score (nSPS) is 14.9. The van der Waals surface area contributed by atoms with Crippen molar-refractivity contribution in [2.45, 2.75) is 52.0 Å². The number of rotatable bonds is 6. The van der Waals surface area contributed by atoms with E-state index >= 15 is 0 Å². The predicted octanol–water partition coefficient (Wildman–Crippen LogP) is 4.22. The van der Waals surface area contributed by atoms with Crippen LogP contribution in [0.1, 0.15) is 52.0 Å². The summed E-state index contributed by atoms with van der Waals surface area (Å²) in [6.45, 7) is 6.38. The number of hydrogen-bond acceptors (Lipinski definition) is 1. The van der Waals surface area contributed by atoms with Crippen LogP contribution in [0, 0.1) is 11.7 Å². The van der Waals surface area contributed by atoms with E-state index in [4.69, 9.17) is 5.73 Å². The molecule has 2 N–H and O–H groups in total.